The van der Waals surface area contributed by atoms with Crippen LogP contribution in [0.3, 0.4) is 0 Å². The van der Waals surface area contributed by atoms with E-state index in [0.29, 0.717) is 26.6 Å². The molecule has 1 aliphatic heterocycles. The van der Waals surface area contributed by atoms with E-state index in [9.17, 15) is 4.79 Å². The summed E-state index contributed by atoms with van der Waals surface area (Å²) in [4.78, 5) is 15.3. The van der Waals surface area contributed by atoms with Crippen molar-refractivity contribution >= 4 is 51.9 Å². The van der Waals surface area contributed by atoms with Crippen molar-refractivity contribution in [2.75, 3.05) is 0 Å². The summed E-state index contributed by atoms with van der Waals surface area (Å²) in [5, 5.41) is 5.56. The Morgan fingerprint density at radius 2 is 1.81 bits per heavy atom. The van der Waals surface area contributed by atoms with E-state index in [1.54, 1.807) is 4.90 Å². The average molecular weight is 546 g/mol. The second-order valence-electron chi connectivity index (χ2n) is 8.77. The minimum Gasteiger partial charge on any atom is -0.489 e. The molecule has 186 valence electrons. The molecule has 1 aliphatic rings. The fourth-order valence-corrected chi connectivity index (χ4v) is 5.71. The predicted octanol–water partition coefficient (Wildman–Crippen LogP) is 7.38. The van der Waals surface area contributed by atoms with Gasteiger partial charge in [0.25, 0.3) is 5.91 Å². The molecule has 37 heavy (non-hydrogen) atoms. The molecule has 4 aromatic rings. The van der Waals surface area contributed by atoms with Crippen LogP contribution in [0.5, 0.6) is 5.75 Å². The van der Waals surface area contributed by atoms with E-state index in [0.717, 1.165) is 28.1 Å². The molecule has 2 heterocycles. The van der Waals surface area contributed by atoms with Crippen LogP contribution in [-0.4, -0.2) is 30.9 Å². The van der Waals surface area contributed by atoms with Crippen molar-refractivity contribution in [2.24, 2.45) is 0 Å². The molecule has 1 fully saturated rings. The van der Waals surface area contributed by atoms with Crippen molar-refractivity contribution in [3.63, 3.8) is 0 Å². The Labute approximate surface area is 230 Å². The van der Waals surface area contributed by atoms with Crippen molar-refractivity contribution in [3.8, 4) is 22.7 Å². The number of rotatable bonds is 7. The van der Waals surface area contributed by atoms with Gasteiger partial charge in [0, 0.05) is 34.0 Å². The lowest BCUT2D eigenvalue weighted by atomic mass is 10.1. The SMILES string of the molecule is CC(C)N1C(=O)/C(=C/c2cn(-c3ccccc3)nc2-c2cccc(OCc3ccccc3Cl)c2)SC1=S. The molecule has 0 atom stereocenters. The number of halogens is 1. The van der Waals surface area contributed by atoms with E-state index >= 15 is 0 Å². The molecule has 1 amide bonds. The minimum absolute atomic E-state index is 0.00291. The highest BCUT2D eigenvalue weighted by atomic mass is 35.5. The van der Waals surface area contributed by atoms with E-state index in [1.165, 1.54) is 11.8 Å². The van der Waals surface area contributed by atoms with Crippen LogP contribution in [0.2, 0.25) is 5.02 Å². The number of thioether (sulfide) groups is 1. The second-order valence-corrected chi connectivity index (χ2v) is 10.8. The number of hydrogen-bond donors (Lipinski definition) is 0. The van der Waals surface area contributed by atoms with Gasteiger partial charge >= 0.3 is 0 Å². The third kappa shape index (κ3) is 5.49. The zero-order chi connectivity index (χ0) is 25.9. The summed E-state index contributed by atoms with van der Waals surface area (Å²) in [5.41, 5.74) is 4.26. The van der Waals surface area contributed by atoms with E-state index in [-0.39, 0.29) is 11.9 Å². The van der Waals surface area contributed by atoms with Crippen LogP contribution in [0, 0.1) is 0 Å². The first-order valence-corrected chi connectivity index (χ1v) is 13.4. The summed E-state index contributed by atoms with van der Waals surface area (Å²) in [6.07, 6.45) is 3.81. The van der Waals surface area contributed by atoms with Gasteiger partial charge in [0.05, 0.1) is 10.6 Å². The van der Waals surface area contributed by atoms with Crippen molar-refractivity contribution < 1.29 is 9.53 Å². The van der Waals surface area contributed by atoms with Gasteiger partial charge in [-0.25, -0.2) is 4.68 Å². The summed E-state index contributed by atoms with van der Waals surface area (Å²) >= 11 is 13.1. The third-order valence-electron chi connectivity index (χ3n) is 5.85. The Morgan fingerprint density at radius 3 is 2.54 bits per heavy atom. The molecule has 0 radical (unpaired) electrons. The van der Waals surface area contributed by atoms with E-state index in [1.807, 2.05) is 110 Å². The average Bonchev–Trinajstić information content (AvgIpc) is 3.44. The fourth-order valence-electron chi connectivity index (χ4n) is 4.01. The number of aromatic nitrogens is 2. The molecule has 0 N–H and O–H groups in total. The van der Waals surface area contributed by atoms with Gasteiger partial charge in [0.2, 0.25) is 0 Å². The standard InChI is InChI=1S/C29H24ClN3O2S2/c1-19(2)33-28(34)26(37-29(33)36)16-22-17-32(23-11-4-3-5-12-23)31-27(22)20-10-8-13-24(15-20)35-18-21-9-6-7-14-25(21)30/h3-17,19H,18H2,1-2H3/b26-16-. The molecule has 8 heteroatoms. The lowest BCUT2D eigenvalue weighted by Crippen LogP contribution is -2.34. The van der Waals surface area contributed by atoms with Crippen molar-refractivity contribution in [2.45, 2.75) is 26.5 Å². The lowest BCUT2D eigenvalue weighted by Gasteiger charge is -2.18. The molecule has 5 rings (SSSR count). The Bertz CT molecular complexity index is 1500. The molecule has 0 unspecified atom stereocenters. The highest BCUT2D eigenvalue weighted by Crippen LogP contribution is 2.36. The van der Waals surface area contributed by atoms with Gasteiger partial charge < -0.3 is 4.74 Å². The van der Waals surface area contributed by atoms with Crippen LogP contribution in [-0.2, 0) is 11.4 Å². The van der Waals surface area contributed by atoms with E-state index in [4.69, 9.17) is 33.7 Å². The maximum atomic E-state index is 13.1. The maximum Gasteiger partial charge on any atom is 0.266 e. The predicted molar refractivity (Wildman–Crippen MR) is 155 cm³/mol. The topological polar surface area (TPSA) is 47.4 Å². The van der Waals surface area contributed by atoms with Gasteiger partial charge in [-0.2, -0.15) is 5.10 Å². The van der Waals surface area contributed by atoms with Crippen molar-refractivity contribution in [1.82, 2.24) is 14.7 Å². The fraction of sp³-hybridized carbons (Fsp3) is 0.138. The lowest BCUT2D eigenvalue weighted by molar-refractivity contribution is -0.123. The van der Waals surface area contributed by atoms with Gasteiger partial charge in [-0.15, -0.1) is 0 Å². The molecule has 0 saturated carbocycles. The molecular weight excluding hydrogens is 522 g/mol. The third-order valence-corrected chi connectivity index (χ3v) is 7.55. The zero-order valence-corrected chi connectivity index (χ0v) is 22.7. The molecule has 1 aromatic heterocycles. The number of para-hydroxylation sites is 1. The second kappa shape index (κ2) is 10.9. The van der Waals surface area contributed by atoms with Crippen LogP contribution in [0.4, 0.5) is 0 Å². The van der Waals surface area contributed by atoms with E-state index in [2.05, 4.69) is 0 Å². The number of ether oxygens (including phenoxy) is 1. The Morgan fingerprint density at radius 1 is 1.05 bits per heavy atom. The largest absolute Gasteiger partial charge is 0.489 e. The minimum atomic E-state index is -0.0831. The van der Waals surface area contributed by atoms with Crippen molar-refractivity contribution in [3.05, 3.63) is 106 Å². The maximum absolute atomic E-state index is 13.1. The normalized spacial score (nSPS) is 14.7. The Balaban J connectivity index is 1.52. The van der Waals surface area contributed by atoms with Gasteiger partial charge in [0.15, 0.2) is 0 Å². The molecule has 0 bridgehead atoms. The van der Waals surface area contributed by atoms with Crippen LogP contribution < -0.4 is 4.74 Å². The highest BCUT2D eigenvalue weighted by molar-refractivity contribution is 8.26. The first-order valence-electron chi connectivity index (χ1n) is 11.8. The number of thiocarbonyl (C=S) groups is 1. The number of amides is 1. The van der Waals surface area contributed by atoms with Crippen LogP contribution in [0.15, 0.2) is 90.0 Å². The molecule has 0 aliphatic carbocycles. The molecule has 0 spiro atoms. The Kier molecular flexibility index (Phi) is 7.46. The van der Waals surface area contributed by atoms with Crippen molar-refractivity contribution in [1.29, 1.82) is 0 Å². The summed E-state index contributed by atoms with van der Waals surface area (Å²) < 4.78 is 8.44. The summed E-state index contributed by atoms with van der Waals surface area (Å²) in [6, 6.07) is 25.3. The number of carbonyl (C=O) groups is 1. The van der Waals surface area contributed by atoms with Crippen LogP contribution in [0.25, 0.3) is 23.0 Å². The molecular formula is C29H24ClN3O2S2. The van der Waals surface area contributed by atoms with Gasteiger partial charge in [-0.05, 0) is 50.3 Å². The highest BCUT2D eigenvalue weighted by Gasteiger charge is 2.34. The number of benzene rings is 3. The first kappa shape index (κ1) is 25.3. The number of hydrogen-bond acceptors (Lipinski definition) is 5. The van der Waals surface area contributed by atoms with Crippen LogP contribution >= 0.6 is 35.6 Å². The van der Waals surface area contributed by atoms with Gasteiger partial charge in [-0.3, -0.25) is 9.69 Å². The summed E-state index contributed by atoms with van der Waals surface area (Å²) in [5.74, 6) is 0.615. The van der Waals surface area contributed by atoms with E-state index < -0.39 is 0 Å². The number of nitrogens with zero attached hydrogens (tertiary/aromatic N) is 3. The quantitative estimate of drug-likeness (QED) is 0.179. The summed E-state index contributed by atoms with van der Waals surface area (Å²) in [6.45, 7) is 4.27. The smallest absolute Gasteiger partial charge is 0.266 e. The molecule has 3 aromatic carbocycles. The van der Waals surface area contributed by atoms with Crippen LogP contribution in [0.1, 0.15) is 25.0 Å². The monoisotopic (exact) mass is 545 g/mol. The Hall–Kier alpha value is -3.39. The molecule has 5 nitrogen and oxygen atoms in total. The number of carbonyl (C=O) groups excluding carboxylic acids is 1. The van der Waals surface area contributed by atoms with Gasteiger partial charge in [-0.1, -0.05) is 84.1 Å². The summed E-state index contributed by atoms with van der Waals surface area (Å²) in [7, 11) is 0. The zero-order valence-electron chi connectivity index (χ0n) is 20.3. The molecule has 1 saturated heterocycles. The van der Waals surface area contributed by atoms with Gasteiger partial charge in [0.1, 0.15) is 22.4 Å². The first-order chi connectivity index (χ1) is 17.9.